The zero-order chi connectivity index (χ0) is 17.8. The quantitative estimate of drug-likeness (QED) is 0.557. The van der Waals surface area contributed by atoms with Crippen LogP contribution in [0.5, 0.6) is 0 Å². The van der Waals surface area contributed by atoms with Crippen molar-refractivity contribution in [3.63, 3.8) is 0 Å². The predicted molar refractivity (Wildman–Crippen MR) is 97.5 cm³/mol. The van der Waals surface area contributed by atoms with Crippen molar-refractivity contribution in [2.24, 2.45) is 0 Å². The Balaban J connectivity index is 1.72. The molecule has 1 unspecified atom stereocenters. The molecule has 0 bridgehead atoms. The van der Waals surface area contributed by atoms with Crippen molar-refractivity contribution >= 4 is 34.3 Å². The molecule has 0 aliphatic rings. The number of anilines is 1. The summed E-state index contributed by atoms with van der Waals surface area (Å²) in [7, 11) is 0. The Morgan fingerprint density at radius 3 is 2.68 bits per heavy atom. The Morgan fingerprint density at radius 2 is 1.96 bits per heavy atom. The third-order valence-corrected chi connectivity index (χ3v) is 4.51. The number of carbonyl (C=O) groups is 1. The number of aromatic amines is 1. The average Bonchev–Trinajstić information content (AvgIpc) is 2.62. The summed E-state index contributed by atoms with van der Waals surface area (Å²) in [5.41, 5.74) is 1.50. The largest absolute Gasteiger partial charge is 0.325 e. The zero-order valence-corrected chi connectivity index (χ0v) is 14.1. The molecular weight excluding hydrogens is 336 g/mol. The van der Waals surface area contributed by atoms with Gasteiger partial charge in [0.1, 0.15) is 0 Å². The van der Waals surface area contributed by atoms with Crippen molar-refractivity contribution in [3.05, 3.63) is 64.4 Å². The van der Waals surface area contributed by atoms with Crippen molar-refractivity contribution in [2.75, 3.05) is 5.32 Å². The van der Waals surface area contributed by atoms with Crippen LogP contribution in [0.4, 0.5) is 5.69 Å². The number of nitrogens with one attached hydrogen (secondary N) is 2. The first-order valence-corrected chi connectivity index (χ1v) is 8.41. The number of nitrogens with zero attached hydrogens (tertiary/aromatic N) is 2. The Kier molecular flexibility index (Phi) is 4.82. The van der Waals surface area contributed by atoms with Gasteiger partial charge in [-0.05, 0) is 43.3 Å². The minimum absolute atomic E-state index is 0.217. The third-order valence-electron chi connectivity index (χ3n) is 3.53. The molecule has 0 spiro atoms. The number of carbonyl (C=O) groups excluding carboxylic acids is 1. The first kappa shape index (κ1) is 16.7. The molecule has 2 aromatic carbocycles. The Bertz CT molecular complexity index is 1020. The van der Waals surface area contributed by atoms with Gasteiger partial charge in [0.05, 0.1) is 27.8 Å². The summed E-state index contributed by atoms with van der Waals surface area (Å²) < 4.78 is 0. The maximum atomic E-state index is 12.3. The van der Waals surface area contributed by atoms with E-state index in [1.54, 1.807) is 49.4 Å². The standard InChI is InChI=1S/C18H14N4O2S/c1-11(16(23)20-13-8-6-12(10-19)7-9-13)25-18-21-15-5-3-2-4-14(15)17(24)22-18/h2-9,11H,1H3,(H,20,23)(H,21,22,24). The maximum Gasteiger partial charge on any atom is 0.259 e. The van der Waals surface area contributed by atoms with Gasteiger partial charge in [0.2, 0.25) is 5.91 Å². The van der Waals surface area contributed by atoms with Crippen molar-refractivity contribution < 1.29 is 4.79 Å². The predicted octanol–water partition coefficient (Wildman–Crippen LogP) is 2.91. The van der Waals surface area contributed by atoms with E-state index in [1.807, 2.05) is 12.1 Å². The molecule has 0 aliphatic carbocycles. The van der Waals surface area contributed by atoms with E-state index < -0.39 is 5.25 Å². The highest BCUT2D eigenvalue weighted by atomic mass is 32.2. The molecule has 0 aliphatic heterocycles. The highest BCUT2D eigenvalue weighted by Gasteiger charge is 2.16. The summed E-state index contributed by atoms with van der Waals surface area (Å²) >= 11 is 1.18. The molecule has 6 nitrogen and oxygen atoms in total. The highest BCUT2D eigenvalue weighted by molar-refractivity contribution is 8.00. The first-order chi connectivity index (χ1) is 12.1. The molecule has 124 valence electrons. The molecule has 3 aromatic rings. The van der Waals surface area contributed by atoms with E-state index in [1.165, 1.54) is 11.8 Å². The second-order valence-electron chi connectivity index (χ2n) is 5.33. The van der Waals surface area contributed by atoms with E-state index in [0.717, 1.165) is 0 Å². The lowest BCUT2D eigenvalue weighted by atomic mass is 10.2. The topological polar surface area (TPSA) is 98.6 Å². The van der Waals surface area contributed by atoms with Crippen molar-refractivity contribution in [1.29, 1.82) is 5.26 Å². The van der Waals surface area contributed by atoms with E-state index >= 15 is 0 Å². The molecular formula is C18H14N4O2S. The van der Waals surface area contributed by atoms with E-state index in [0.29, 0.717) is 27.3 Å². The van der Waals surface area contributed by atoms with Gasteiger partial charge in [0, 0.05) is 5.69 Å². The number of rotatable bonds is 4. The number of nitriles is 1. The van der Waals surface area contributed by atoms with Gasteiger partial charge >= 0.3 is 0 Å². The molecule has 0 fully saturated rings. The monoisotopic (exact) mass is 350 g/mol. The SMILES string of the molecule is CC(Sc1nc2ccccc2c(=O)[nH]1)C(=O)Nc1ccc(C#N)cc1. The summed E-state index contributed by atoms with van der Waals surface area (Å²) in [6.45, 7) is 1.73. The van der Waals surface area contributed by atoms with Gasteiger partial charge < -0.3 is 10.3 Å². The smallest absolute Gasteiger partial charge is 0.259 e. The minimum atomic E-state index is -0.458. The molecule has 1 amide bonds. The van der Waals surface area contributed by atoms with Crippen LogP contribution in [0.15, 0.2) is 58.5 Å². The van der Waals surface area contributed by atoms with Crippen molar-refractivity contribution in [3.8, 4) is 6.07 Å². The van der Waals surface area contributed by atoms with E-state index in [2.05, 4.69) is 15.3 Å². The van der Waals surface area contributed by atoms with Gasteiger partial charge in [-0.3, -0.25) is 9.59 Å². The summed E-state index contributed by atoms with van der Waals surface area (Å²) in [6, 6.07) is 15.7. The number of para-hydroxylation sites is 1. The van der Waals surface area contributed by atoms with Crippen LogP contribution in [0, 0.1) is 11.3 Å². The van der Waals surface area contributed by atoms with Gasteiger partial charge in [-0.1, -0.05) is 23.9 Å². The lowest BCUT2D eigenvalue weighted by Crippen LogP contribution is -2.23. The fourth-order valence-electron chi connectivity index (χ4n) is 2.21. The molecule has 0 radical (unpaired) electrons. The number of hydrogen-bond donors (Lipinski definition) is 2. The fraction of sp³-hybridized carbons (Fsp3) is 0.111. The molecule has 1 atom stereocenters. The van der Waals surface area contributed by atoms with Gasteiger partial charge in [0.25, 0.3) is 5.56 Å². The lowest BCUT2D eigenvalue weighted by molar-refractivity contribution is -0.115. The molecule has 1 aromatic heterocycles. The highest BCUT2D eigenvalue weighted by Crippen LogP contribution is 2.21. The Hall–Kier alpha value is -3.11. The minimum Gasteiger partial charge on any atom is -0.325 e. The van der Waals surface area contributed by atoms with E-state index in [4.69, 9.17) is 5.26 Å². The second kappa shape index (κ2) is 7.20. The number of fused-ring (bicyclic) bond motifs is 1. The van der Waals surface area contributed by atoms with Gasteiger partial charge in [-0.2, -0.15) is 5.26 Å². The summed E-state index contributed by atoms with van der Waals surface area (Å²) in [4.78, 5) is 31.4. The van der Waals surface area contributed by atoms with Crippen LogP contribution >= 0.6 is 11.8 Å². The Labute approximate surface area is 147 Å². The number of amides is 1. The molecule has 25 heavy (non-hydrogen) atoms. The molecule has 7 heteroatoms. The molecule has 1 heterocycles. The maximum absolute atomic E-state index is 12.3. The van der Waals surface area contributed by atoms with Crippen LogP contribution in [0.25, 0.3) is 10.9 Å². The van der Waals surface area contributed by atoms with Gasteiger partial charge in [0.15, 0.2) is 5.16 Å². The van der Waals surface area contributed by atoms with Crippen LogP contribution in [0.1, 0.15) is 12.5 Å². The van der Waals surface area contributed by atoms with E-state index in [-0.39, 0.29) is 11.5 Å². The van der Waals surface area contributed by atoms with Crippen LogP contribution in [-0.2, 0) is 4.79 Å². The van der Waals surface area contributed by atoms with Crippen molar-refractivity contribution in [1.82, 2.24) is 9.97 Å². The summed E-state index contributed by atoms with van der Waals surface area (Å²) in [6.07, 6.45) is 0. The molecule has 2 N–H and O–H groups in total. The number of aromatic nitrogens is 2. The number of H-pyrrole nitrogens is 1. The summed E-state index contributed by atoms with van der Waals surface area (Å²) in [5, 5.41) is 12.0. The van der Waals surface area contributed by atoms with Crippen molar-refractivity contribution in [2.45, 2.75) is 17.3 Å². The third kappa shape index (κ3) is 3.87. The van der Waals surface area contributed by atoms with Gasteiger partial charge in [-0.25, -0.2) is 4.98 Å². The van der Waals surface area contributed by atoms with Crippen LogP contribution in [0.2, 0.25) is 0 Å². The molecule has 0 saturated carbocycles. The zero-order valence-electron chi connectivity index (χ0n) is 13.3. The lowest BCUT2D eigenvalue weighted by Gasteiger charge is -2.11. The normalized spacial score (nSPS) is 11.7. The first-order valence-electron chi connectivity index (χ1n) is 7.53. The molecule has 3 rings (SSSR count). The van der Waals surface area contributed by atoms with Crippen LogP contribution < -0.4 is 10.9 Å². The number of hydrogen-bond acceptors (Lipinski definition) is 5. The van der Waals surface area contributed by atoms with Gasteiger partial charge in [-0.15, -0.1) is 0 Å². The van der Waals surface area contributed by atoms with E-state index in [9.17, 15) is 9.59 Å². The Morgan fingerprint density at radius 1 is 1.24 bits per heavy atom. The second-order valence-corrected chi connectivity index (χ2v) is 6.66. The van der Waals surface area contributed by atoms with Crippen LogP contribution in [0.3, 0.4) is 0 Å². The summed E-state index contributed by atoms with van der Waals surface area (Å²) in [5.74, 6) is -0.217. The average molecular weight is 350 g/mol. The number of thioether (sulfide) groups is 1. The van der Waals surface area contributed by atoms with Crippen LogP contribution in [-0.4, -0.2) is 21.1 Å². The number of benzene rings is 2. The fourth-order valence-corrected chi connectivity index (χ4v) is 3.02. The molecule has 0 saturated heterocycles.